The van der Waals surface area contributed by atoms with Crippen LogP contribution in [0, 0.1) is 0 Å². The molecule has 0 amide bonds. The van der Waals surface area contributed by atoms with Crippen molar-refractivity contribution in [1.29, 1.82) is 0 Å². The first kappa shape index (κ1) is 10.6. The van der Waals surface area contributed by atoms with Crippen LogP contribution in [-0.4, -0.2) is 35.0 Å². The minimum absolute atomic E-state index is 0.481. The Bertz CT molecular complexity index is 264. The first-order valence-corrected chi connectivity index (χ1v) is 5.79. The van der Waals surface area contributed by atoms with Crippen molar-refractivity contribution in [3.8, 4) is 0 Å². The summed E-state index contributed by atoms with van der Waals surface area (Å²) in [7, 11) is 0. The Morgan fingerprint density at radius 2 is 2.60 bits per heavy atom. The van der Waals surface area contributed by atoms with Crippen molar-refractivity contribution in [3.63, 3.8) is 0 Å². The summed E-state index contributed by atoms with van der Waals surface area (Å²) in [5.41, 5.74) is 0. The maximum absolute atomic E-state index is 4.21. The summed E-state index contributed by atoms with van der Waals surface area (Å²) >= 11 is 0. The summed E-state index contributed by atoms with van der Waals surface area (Å²) in [5, 5.41) is 11.3. The largest absolute Gasteiger partial charge is 0.315 e. The molecule has 2 heterocycles. The van der Waals surface area contributed by atoms with E-state index in [1.807, 2.05) is 23.1 Å². The van der Waals surface area contributed by atoms with Gasteiger partial charge in [-0.25, -0.2) is 0 Å². The molecule has 0 saturated carbocycles. The Kier molecular flexibility index (Phi) is 3.75. The Morgan fingerprint density at radius 1 is 1.67 bits per heavy atom. The molecule has 1 saturated heterocycles. The third-order valence-electron chi connectivity index (χ3n) is 2.84. The highest BCUT2D eigenvalue weighted by Gasteiger charge is 2.14. The molecular weight excluding hydrogens is 188 g/mol. The second kappa shape index (κ2) is 5.28. The maximum atomic E-state index is 4.21. The smallest absolute Gasteiger partial charge is 0.0560 e. The van der Waals surface area contributed by atoms with Crippen LogP contribution >= 0.6 is 0 Å². The van der Waals surface area contributed by atoms with Crippen molar-refractivity contribution in [2.45, 2.75) is 38.4 Å². The van der Waals surface area contributed by atoms with E-state index in [4.69, 9.17) is 0 Å². The molecule has 0 aromatic carbocycles. The van der Waals surface area contributed by atoms with Gasteiger partial charge in [0.2, 0.25) is 0 Å². The van der Waals surface area contributed by atoms with Crippen LogP contribution in [0.25, 0.3) is 0 Å². The van der Waals surface area contributed by atoms with Gasteiger partial charge in [0.1, 0.15) is 0 Å². The molecule has 84 valence electrons. The number of rotatable bonds is 4. The standard InChI is InChI=1S/C11H20N4/c1-10(9-15-7-3-6-13-15)14-11-4-2-5-12-8-11/h3,6-7,10-12,14H,2,4-5,8-9H2,1H3. The van der Waals surface area contributed by atoms with E-state index in [-0.39, 0.29) is 0 Å². The Hall–Kier alpha value is -0.870. The van der Waals surface area contributed by atoms with Crippen LogP contribution in [-0.2, 0) is 6.54 Å². The van der Waals surface area contributed by atoms with E-state index in [9.17, 15) is 0 Å². The lowest BCUT2D eigenvalue weighted by Crippen LogP contribution is -2.47. The van der Waals surface area contributed by atoms with Crippen molar-refractivity contribution in [3.05, 3.63) is 18.5 Å². The summed E-state index contributed by atoms with van der Waals surface area (Å²) in [4.78, 5) is 0. The molecule has 4 heteroatoms. The monoisotopic (exact) mass is 208 g/mol. The number of hydrogen-bond acceptors (Lipinski definition) is 3. The van der Waals surface area contributed by atoms with Gasteiger partial charge in [0, 0.05) is 31.0 Å². The van der Waals surface area contributed by atoms with Crippen molar-refractivity contribution in [1.82, 2.24) is 20.4 Å². The van der Waals surface area contributed by atoms with Gasteiger partial charge < -0.3 is 10.6 Å². The first-order valence-electron chi connectivity index (χ1n) is 5.79. The van der Waals surface area contributed by atoms with Crippen molar-refractivity contribution >= 4 is 0 Å². The normalized spacial score (nSPS) is 23.9. The average molecular weight is 208 g/mol. The van der Waals surface area contributed by atoms with Crippen LogP contribution in [0.2, 0.25) is 0 Å². The number of aromatic nitrogens is 2. The minimum Gasteiger partial charge on any atom is -0.315 e. The third-order valence-corrected chi connectivity index (χ3v) is 2.84. The summed E-state index contributed by atoms with van der Waals surface area (Å²) in [6.45, 7) is 5.44. The SMILES string of the molecule is CC(Cn1cccn1)NC1CCCNC1. The van der Waals surface area contributed by atoms with E-state index in [0.717, 1.165) is 13.1 Å². The molecule has 4 nitrogen and oxygen atoms in total. The molecule has 2 atom stereocenters. The van der Waals surface area contributed by atoms with Crippen molar-refractivity contribution < 1.29 is 0 Å². The maximum Gasteiger partial charge on any atom is 0.0560 e. The third kappa shape index (κ3) is 3.32. The van der Waals surface area contributed by atoms with E-state index in [2.05, 4.69) is 22.7 Å². The summed E-state index contributed by atoms with van der Waals surface area (Å²) in [5.74, 6) is 0. The fraction of sp³-hybridized carbons (Fsp3) is 0.727. The molecule has 2 N–H and O–H groups in total. The van der Waals surface area contributed by atoms with E-state index in [1.54, 1.807) is 0 Å². The molecule has 2 unspecified atom stereocenters. The second-order valence-corrected chi connectivity index (χ2v) is 4.34. The Morgan fingerprint density at radius 3 is 3.27 bits per heavy atom. The molecule has 0 spiro atoms. The van der Waals surface area contributed by atoms with E-state index in [0.29, 0.717) is 12.1 Å². The molecule has 1 aromatic rings. The molecule has 0 bridgehead atoms. The Balaban J connectivity index is 1.74. The molecule has 1 aliphatic heterocycles. The van der Waals surface area contributed by atoms with Crippen LogP contribution in [0.3, 0.4) is 0 Å². The quantitative estimate of drug-likeness (QED) is 0.762. The topological polar surface area (TPSA) is 41.9 Å². The summed E-state index contributed by atoms with van der Waals surface area (Å²) < 4.78 is 1.98. The number of nitrogens with one attached hydrogen (secondary N) is 2. The van der Waals surface area contributed by atoms with Crippen LogP contribution < -0.4 is 10.6 Å². The zero-order valence-electron chi connectivity index (χ0n) is 9.32. The Labute approximate surface area is 91.1 Å². The van der Waals surface area contributed by atoms with Gasteiger partial charge in [-0.3, -0.25) is 4.68 Å². The first-order chi connectivity index (χ1) is 7.34. The molecule has 0 radical (unpaired) electrons. The molecule has 0 aliphatic carbocycles. The van der Waals surface area contributed by atoms with Gasteiger partial charge >= 0.3 is 0 Å². The number of nitrogens with zero attached hydrogens (tertiary/aromatic N) is 2. The van der Waals surface area contributed by atoms with Crippen LogP contribution in [0.5, 0.6) is 0 Å². The van der Waals surface area contributed by atoms with Gasteiger partial charge in [0.05, 0.1) is 6.54 Å². The van der Waals surface area contributed by atoms with E-state index >= 15 is 0 Å². The van der Waals surface area contributed by atoms with Gasteiger partial charge in [-0.05, 0) is 32.4 Å². The number of hydrogen-bond donors (Lipinski definition) is 2. The second-order valence-electron chi connectivity index (χ2n) is 4.34. The molecule has 1 aromatic heterocycles. The zero-order valence-corrected chi connectivity index (χ0v) is 9.32. The van der Waals surface area contributed by atoms with Crippen molar-refractivity contribution in [2.24, 2.45) is 0 Å². The van der Waals surface area contributed by atoms with E-state index < -0.39 is 0 Å². The predicted octanol–water partition coefficient (Wildman–Crippen LogP) is 0.613. The molecule has 2 rings (SSSR count). The van der Waals surface area contributed by atoms with Gasteiger partial charge in [-0.2, -0.15) is 5.10 Å². The number of piperidine rings is 1. The lowest BCUT2D eigenvalue weighted by Gasteiger charge is -2.27. The van der Waals surface area contributed by atoms with E-state index in [1.165, 1.54) is 19.4 Å². The fourth-order valence-corrected chi connectivity index (χ4v) is 2.14. The highest BCUT2D eigenvalue weighted by molar-refractivity contribution is 4.81. The van der Waals surface area contributed by atoms with Crippen LogP contribution in [0.4, 0.5) is 0 Å². The highest BCUT2D eigenvalue weighted by Crippen LogP contribution is 2.03. The van der Waals surface area contributed by atoms with Gasteiger partial charge in [0.15, 0.2) is 0 Å². The lowest BCUT2D eigenvalue weighted by atomic mass is 10.1. The zero-order chi connectivity index (χ0) is 10.5. The summed E-state index contributed by atoms with van der Waals surface area (Å²) in [6.07, 6.45) is 6.41. The fourth-order valence-electron chi connectivity index (χ4n) is 2.14. The van der Waals surface area contributed by atoms with Gasteiger partial charge in [-0.15, -0.1) is 0 Å². The van der Waals surface area contributed by atoms with Crippen molar-refractivity contribution in [2.75, 3.05) is 13.1 Å². The van der Waals surface area contributed by atoms with Gasteiger partial charge in [-0.1, -0.05) is 0 Å². The molecule has 15 heavy (non-hydrogen) atoms. The van der Waals surface area contributed by atoms with Crippen LogP contribution in [0.15, 0.2) is 18.5 Å². The highest BCUT2D eigenvalue weighted by atomic mass is 15.3. The van der Waals surface area contributed by atoms with Crippen LogP contribution in [0.1, 0.15) is 19.8 Å². The minimum atomic E-state index is 0.481. The molecule has 1 fully saturated rings. The average Bonchev–Trinajstić information content (AvgIpc) is 2.71. The summed E-state index contributed by atoms with van der Waals surface area (Å²) in [6, 6.07) is 3.08. The van der Waals surface area contributed by atoms with Gasteiger partial charge in [0.25, 0.3) is 0 Å². The predicted molar refractivity (Wildman–Crippen MR) is 60.7 cm³/mol. The molecular formula is C11H20N4. The lowest BCUT2D eigenvalue weighted by molar-refractivity contribution is 0.336. The molecule has 1 aliphatic rings.